The fraction of sp³-hybridized carbons (Fsp3) is 1.00. The van der Waals surface area contributed by atoms with Crippen LogP contribution in [0.1, 0.15) is 13.8 Å². The topological polar surface area (TPSA) is 72.8 Å². The summed E-state index contributed by atoms with van der Waals surface area (Å²) in [4.78, 5) is 0. The molecule has 0 unspecified atom stereocenters. The molecule has 1 aliphatic rings. The summed E-state index contributed by atoms with van der Waals surface area (Å²) < 4.78 is 76.9. The number of rotatable bonds is 2. The van der Waals surface area contributed by atoms with Crippen LogP contribution in [0.3, 0.4) is 0 Å². The first-order valence-electron chi connectivity index (χ1n) is 4.28. The summed E-state index contributed by atoms with van der Waals surface area (Å²) >= 11 is 0. The molecule has 0 aromatic rings. The van der Waals surface area contributed by atoms with Gasteiger partial charge in [-0.25, -0.2) is 0 Å². The lowest BCUT2D eigenvalue weighted by Crippen LogP contribution is -2.47. The van der Waals surface area contributed by atoms with E-state index >= 15 is 0 Å². The molecule has 0 aliphatic carbocycles. The third-order valence-corrected chi connectivity index (χ3v) is 3.22. The van der Waals surface area contributed by atoms with E-state index < -0.39 is 40.0 Å². The number of halogens is 3. The number of alkyl halides is 3. The fourth-order valence-corrected chi connectivity index (χ4v) is 2.29. The van der Waals surface area contributed by atoms with Gasteiger partial charge in [0.25, 0.3) is 10.1 Å². The Balaban J connectivity index is 2.98. The SMILES string of the molecule is CC1(C)OC[C@@H]([C@@H](C(F)(F)F)S(=O)(=O)O)O1. The maximum Gasteiger partial charge on any atom is 0.410 e. The van der Waals surface area contributed by atoms with Crippen LogP contribution in [-0.4, -0.2) is 42.9 Å². The summed E-state index contributed by atoms with van der Waals surface area (Å²) in [7, 11) is -5.29. The Hall–Kier alpha value is -0.380. The van der Waals surface area contributed by atoms with Gasteiger partial charge in [0.15, 0.2) is 5.79 Å². The summed E-state index contributed by atoms with van der Waals surface area (Å²) in [5, 5.41) is -2.98. The first-order chi connectivity index (χ1) is 6.93. The molecule has 1 N–H and O–H groups in total. The molecule has 0 bridgehead atoms. The molecule has 9 heteroatoms. The van der Waals surface area contributed by atoms with Gasteiger partial charge in [-0.2, -0.15) is 21.6 Å². The Bertz CT molecular complexity index is 361. The lowest BCUT2D eigenvalue weighted by atomic mass is 10.2. The predicted molar refractivity (Wildman–Crippen MR) is 46.3 cm³/mol. The zero-order chi connectivity index (χ0) is 12.8. The Morgan fingerprint density at radius 1 is 1.44 bits per heavy atom. The van der Waals surface area contributed by atoms with Crippen LogP contribution in [0.25, 0.3) is 0 Å². The number of hydrogen-bond acceptors (Lipinski definition) is 4. The summed E-state index contributed by atoms with van der Waals surface area (Å²) in [5.74, 6) is -1.29. The van der Waals surface area contributed by atoms with Gasteiger partial charge in [0.05, 0.1) is 6.61 Å². The van der Waals surface area contributed by atoms with Crippen LogP contribution in [-0.2, 0) is 19.6 Å². The molecule has 0 amide bonds. The van der Waals surface area contributed by atoms with E-state index in [4.69, 9.17) is 14.0 Å². The normalized spacial score (nSPS) is 28.0. The van der Waals surface area contributed by atoms with Gasteiger partial charge < -0.3 is 9.47 Å². The fourth-order valence-electron chi connectivity index (χ4n) is 1.44. The van der Waals surface area contributed by atoms with E-state index in [0.29, 0.717) is 0 Å². The van der Waals surface area contributed by atoms with Gasteiger partial charge in [0, 0.05) is 0 Å². The molecule has 1 saturated heterocycles. The van der Waals surface area contributed by atoms with Gasteiger partial charge in [-0.15, -0.1) is 0 Å². The van der Waals surface area contributed by atoms with E-state index in [1.165, 1.54) is 13.8 Å². The molecule has 16 heavy (non-hydrogen) atoms. The van der Waals surface area contributed by atoms with Crippen LogP contribution >= 0.6 is 0 Å². The molecule has 0 saturated carbocycles. The molecular formula is C7H11F3O5S. The third kappa shape index (κ3) is 3.06. The molecule has 1 fully saturated rings. The van der Waals surface area contributed by atoms with E-state index in [0.717, 1.165) is 0 Å². The van der Waals surface area contributed by atoms with Gasteiger partial charge in [-0.05, 0) is 13.8 Å². The van der Waals surface area contributed by atoms with Crippen LogP contribution in [0.4, 0.5) is 13.2 Å². The summed E-state index contributed by atoms with van der Waals surface area (Å²) in [5.41, 5.74) is 0. The highest BCUT2D eigenvalue weighted by molar-refractivity contribution is 7.86. The first kappa shape index (κ1) is 13.7. The Morgan fingerprint density at radius 3 is 2.19 bits per heavy atom. The van der Waals surface area contributed by atoms with Crippen molar-refractivity contribution in [2.45, 2.75) is 37.2 Å². The summed E-state index contributed by atoms with van der Waals surface area (Å²) in [6, 6.07) is 0. The lowest BCUT2D eigenvalue weighted by molar-refractivity contribution is -0.174. The highest BCUT2D eigenvalue weighted by atomic mass is 32.2. The monoisotopic (exact) mass is 264 g/mol. The molecule has 1 heterocycles. The minimum atomic E-state index is -5.29. The van der Waals surface area contributed by atoms with E-state index in [1.807, 2.05) is 0 Å². The molecule has 5 nitrogen and oxygen atoms in total. The zero-order valence-electron chi connectivity index (χ0n) is 8.48. The maximum absolute atomic E-state index is 12.4. The van der Waals surface area contributed by atoms with Crippen molar-refractivity contribution in [3.8, 4) is 0 Å². The van der Waals surface area contributed by atoms with E-state index in [9.17, 15) is 21.6 Å². The van der Waals surface area contributed by atoms with Crippen molar-refractivity contribution >= 4 is 10.1 Å². The Kier molecular flexibility index (Phi) is 3.27. The van der Waals surface area contributed by atoms with Crippen molar-refractivity contribution in [1.82, 2.24) is 0 Å². The van der Waals surface area contributed by atoms with Gasteiger partial charge in [0.1, 0.15) is 6.10 Å². The van der Waals surface area contributed by atoms with Crippen LogP contribution < -0.4 is 0 Å². The Labute approximate surface area is 90.3 Å². The van der Waals surface area contributed by atoms with Crippen molar-refractivity contribution in [3.05, 3.63) is 0 Å². The van der Waals surface area contributed by atoms with Crippen molar-refractivity contribution < 1.29 is 35.6 Å². The molecule has 1 rings (SSSR count). The maximum atomic E-state index is 12.4. The predicted octanol–water partition coefficient (Wildman–Crippen LogP) is 0.957. The van der Waals surface area contributed by atoms with Gasteiger partial charge in [0.2, 0.25) is 5.25 Å². The van der Waals surface area contributed by atoms with Crippen LogP contribution in [0.2, 0.25) is 0 Å². The van der Waals surface area contributed by atoms with Gasteiger partial charge in [-0.3, -0.25) is 4.55 Å². The van der Waals surface area contributed by atoms with Gasteiger partial charge >= 0.3 is 6.18 Å². The molecule has 2 atom stereocenters. The van der Waals surface area contributed by atoms with Crippen LogP contribution in [0.5, 0.6) is 0 Å². The number of ether oxygens (including phenoxy) is 2. The highest BCUT2D eigenvalue weighted by Crippen LogP contribution is 2.35. The molecule has 0 radical (unpaired) electrons. The van der Waals surface area contributed by atoms with Gasteiger partial charge in [-0.1, -0.05) is 0 Å². The van der Waals surface area contributed by atoms with Crippen LogP contribution in [0, 0.1) is 0 Å². The van der Waals surface area contributed by atoms with E-state index in [2.05, 4.69) is 0 Å². The van der Waals surface area contributed by atoms with E-state index in [1.54, 1.807) is 0 Å². The minimum Gasteiger partial charge on any atom is -0.348 e. The quantitative estimate of drug-likeness (QED) is 0.752. The Morgan fingerprint density at radius 2 is 1.94 bits per heavy atom. The largest absolute Gasteiger partial charge is 0.410 e. The molecule has 0 aromatic heterocycles. The molecule has 0 spiro atoms. The van der Waals surface area contributed by atoms with Crippen molar-refractivity contribution in [2.75, 3.05) is 6.61 Å². The van der Waals surface area contributed by atoms with Crippen molar-refractivity contribution in [1.29, 1.82) is 0 Å². The van der Waals surface area contributed by atoms with Crippen molar-refractivity contribution in [3.63, 3.8) is 0 Å². The second-order valence-electron chi connectivity index (χ2n) is 3.84. The molecule has 0 aromatic carbocycles. The molecule has 1 aliphatic heterocycles. The lowest BCUT2D eigenvalue weighted by Gasteiger charge is -2.23. The van der Waals surface area contributed by atoms with E-state index in [-0.39, 0.29) is 0 Å². The highest BCUT2D eigenvalue weighted by Gasteiger charge is 2.56. The second kappa shape index (κ2) is 3.83. The average Bonchev–Trinajstić information content (AvgIpc) is 2.23. The molecular weight excluding hydrogens is 253 g/mol. The average molecular weight is 264 g/mol. The smallest absolute Gasteiger partial charge is 0.348 e. The standard InChI is InChI=1S/C7H11F3O5S/c1-6(2)14-3-4(15-6)5(7(8,9)10)16(11,12)13/h4-5H,3H2,1-2H3,(H,11,12,13)/t4-,5-/m0/s1. The zero-order valence-corrected chi connectivity index (χ0v) is 9.30. The first-order valence-corrected chi connectivity index (χ1v) is 5.78. The second-order valence-corrected chi connectivity index (χ2v) is 5.38. The number of hydrogen-bond donors (Lipinski definition) is 1. The minimum absolute atomic E-state index is 0.545. The third-order valence-electron chi connectivity index (χ3n) is 2.01. The summed E-state index contributed by atoms with van der Waals surface area (Å²) in [6.07, 6.45) is -6.87. The van der Waals surface area contributed by atoms with Crippen molar-refractivity contribution in [2.24, 2.45) is 0 Å². The molecule has 96 valence electrons. The summed E-state index contributed by atoms with van der Waals surface area (Å²) in [6.45, 7) is 2.16. The van der Waals surface area contributed by atoms with Crippen LogP contribution in [0.15, 0.2) is 0 Å².